The molecule has 0 spiro atoms. The van der Waals surface area contributed by atoms with Crippen molar-refractivity contribution in [2.24, 2.45) is 0 Å². The van der Waals surface area contributed by atoms with Crippen LogP contribution in [0.4, 0.5) is 0 Å². The summed E-state index contributed by atoms with van der Waals surface area (Å²) >= 11 is 0. The molecule has 0 aliphatic rings. The van der Waals surface area contributed by atoms with E-state index in [1.165, 1.54) is 6.07 Å². The molecule has 0 fully saturated rings. The first kappa shape index (κ1) is 23.2. The van der Waals surface area contributed by atoms with Gasteiger partial charge in [0.15, 0.2) is 5.82 Å². The molecule has 5 rings (SSSR count). The maximum atomic E-state index is 13.0. The molecule has 7 heteroatoms. The van der Waals surface area contributed by atoms with Crippen molar-refractivity contribution in [2.45, 2.75) is 33.3 Å². The number of carbonyl (C=O) groups is 1. The zero-order valence-corrected chi connectivity index (χ0v) is 20.3. The van der Waals surface area contributed by atoms with Gasteiger partial charge in [-0.3, -0.25) is 0 Å². The Balaban J connectivity index is 1.48. The third kappa shape index (κ3) is 4.55. The number of aromatic nitrogens is 3. The lowest BCUT2D eigenvalue weighted by atomic mass is 9.95. The van der Waals surface area contributed by atoms with Crippen LogP contribution in [0.3, 0.4) is 0 Å². The summed E-state index contributed by atoms with van der Waals surface area (Å²) < 4.78 is 12.6. The maximum absolute atomic E-state index is 13.0. The minimum atomic E-state index is -0.681. The van der Waals surface area contributed by atoms with Crippen LogP contribution in [0.2, 0.25) is 0 Å². The normalized spacial score (nSPS) is 11.2. The van der Waals surface area contributed by atoms with Gasteiger partial charge in [0.25, 0.3) is 5.82 Å². The first-order valence-electron chi connectivity index (χ1n) is 11.7. The third-order valence-electron chi connectivity index (χ3n) is 6.02. The van der Waals surface area contributed by atoms with Crippen LogP contribution < -0.4 is 5.63 Å². The number of benzene rings is 3. The highest BCUT2D eigenvalue weighted by molar-refractivity contribution is 5.87. The van der Waals surface area contributed by atoms with Crippen LogP contribution in [0.5, 0.6) is 0 Å². The number of ether oxygens (including phenoxy) is 1. The minimum Gasteiger partial charge on any atom is -0.455 e. The van der Waals surface area contributed by atoms with E-state index in [1.54, 1.807) is 4.68 Å². The predicted molar refractivity (Wildman–Crippen MR) is 137 cm³/mol. The van der Waals surface area contributed by atoms with Crippen LogP contribution >= 0.6 is 0 Å². The largest absolute Gasteiger partial charge is 0.455 e. The first-order chi connectivity index (χ1) is 17.4. The highest BCUT2D eigenvalue weighted by atomic mass is 16.5. The Labute approximate surface area is 208 Å². The van der Waals surface area contributed by atoms with Gasteiger partial charge >= 0.3 is 11.6 Å². The lowest BCUT2D eigenvalue weighted by Gasteiger charge is -2.13. The van der Waals surface area contributed by atoms with Crippen molar-refractivity contribution < 1.29 is 13.9 Å². The van der Waals surface area contributed by atoms with E-state index >= 15 is 0 Å². The molecule has 0 aliphatic heterocycles. The molecule has 2 heterocycles. The highest BCUT2D eigenvalue weighted by Crippen LogP contribution is 2.27. The van der Waals surface area contributed by atoms with Crippen LogP contribution in [0.25, 0.3) is 28.0 Å². The summed E-state index contributed by atoms with van der Waals surface area (Å²) in [6.45, 7) is 6.08. The van der Waals surface area contributed by atoms with Crippen LogP contribution in [-0.2, 0) is 11.3 Å². The monoisotopic (exact) mass is 479 g/mol. The van der Waals surface area contributed by atoms with Gasteiger partial charge in [-0.1, -0.05) is 62.4 Å². The SMILES string of the molecule is Cc1cc2oc(=O)cc(COC(=O)c3nc(-c4ccccc4)n(-c4ccccc4)n3)c2cc1C(C)C. The summed E-state index contributed by atoms with van der Waals surface area (Å²) in [7, 11) is 0. The fraction of sp³-hybridized carbons (Fsp3) is 0.172. The van der Waals surface area contributed by atoms with Gasteiger partial charge in [-0.2, -0.15) is 0 Å². The average Bonchev–Trinajstić information content (AvgIpc) is 3.33. The smallest absolute Gasteiger partial charge is 0.378 e. The zero-order valence-electron chi connectivity index (χ0n) is 20.3. The molecule has 0 bridgehead atoms. The van der Waals surface area contributed by atoms with Crippen molar-refractivity contribution >= 4 is 16.9 Å². The Kier molecular flexibility index (Phi) is 6.21. The molecule has 180 valence electrons. The van der Waals surface area contributed by atoms with Gasteiger partial charge in [0.2, 0.25) is 0 Å². The number of nitrogens with zero attached hydrogens (tertiary/aromatic N) is 3. The first-order valence-corrected chi connectivity index (χ1v) is 11.7. The topological polar surface area (TPSA) is 87.2 Å². The average molecular weight is 480 g/mol. The predicted octanol–water partition coefficient (Wildman–Crippen LogP) is 5.83. The molecule has 3 aromatic carbocycles. The number of carbonyl (C=O) groups excluding carboxylic acids is 1. The highest BCUT2D eigenvalue weighted by Gasteiger charge is 2.21. The zero-order chi connectivity index (χ0) is 25.2. The van der Waals surface area contributed by atoms with Gasteiger partial charge in [-0.15, -0.1) is 5.10 Å². The summed E-state index contributed by atoms with van der Waals surface area (Å²) in [6, 6.07) is 24.2. The molecule has 0 saturated carbocycles. The van der Waals surface area contributed by atoms with Gasteiger partial charge in [-0.25, -0.2) is 19.3 Å². The molecule has 0 atom stereocenters. The molecular weight excluding hydrogens is 454 g/mol. The van der Waals surface area contributed by atoms with E-state index in [0.29, 0.717) is 22.9 Å². The van der Waals surface area contributed by atoms with E-state index in [2.05, 4.69) is 23.9 Å². The molecule has 0 amide bonds. The van der Waals surface area contributed by atoms with E-state index in [-0.39, 0.29) is 12.4 Å². The van der Waals surface area contributed by atoms with E-state index in [9.17, 15) is 9.59 Å². The number of rotatable bonds is 6. The van der Waals surface area contributed by atoms with E-state index < -0.39 is 11.6 Å². The van der Waals surface area contributed by atoms with Gasteiger partial charge in [0.05, 0.1) is 5.69 Å². The minimum absolute atomic E-state index is 0.0660. The second kappa shape index (κ2) is 9.62. The Morgan fingerprint density at radius 2 is 1.69 bits per heavy atom. The molecule has 36 heavy (non-hydrogen) atoms. The third-order valence-corrected chi connectivity index (χ3v) is 6.02. The standard InChI is InChI=1S/C29H25N3O4/c1-18(2)23-16-24-21(15-26(33)36-25(24)14-19(23)3)17-35-29(34)27-30-28(20-10-6-4-7-11-20)32(31-27)22-12-8-5-9-13-22/h4-16,18H,17H2,1-3H3. The molecule has 0 aliphatic carbocycles. The summed E-state index contributed by atoms with van der Waals surface area (Å²) in [5.41, 5.74) is 4.31. The number of hydrogen-bond acceptors (Lipinski definition) is 6. The van der Waals surface area contributed by atoms with Crippen LogP contribution in [0.15, 0.2) is 88.1 Å². The van der Waals surface area contributed by atoms with Gasteiger partial charge in [0.1, 0.15) is 12.2 Å². The second-order valence-corrected chi connectivity index (χ2v) is 8.90. The van der Waals surface area contributed by atoms with Crippen LogP contribution in [0.1, 0.15) is 47.1 Å². The second-order valence-electron chi connectivity index (χ2n) is 8.90. The quantitative estimate of drug-likeness (QED) is 0.225. The van der Waals surface area contributed by atoms with Gasteiger partial charge in [0, 0.05) is 22.6 Å². The van der Waals surface area contributed by atoms with Crippen molar-refractivity contribution in [1.82, 2.24) is 14.8 Å². The molecule has 0 radical (unpaired) electrons. The summed E-state index contributed by atoms with van der Waals surface area (Å²) in [5, 5.41) is 5.19. The number of para-hydroxylation sites is 1. The molecule has 2 aromatic heterocycles. The number of esters is 1. The van der Waals surface area contributed by atoms with Crippen molar-refractivity contribution in [3.8, 4) is 17.1 Å². The lowest BCUT2D eigenvalue weighted by molar-refractivity contribution is 0.0459. The molecule has 0 saturated heterocycles. The molecule has 7 nitrogen and oxygen atoms in total. The van der Waals surface area contributed by atoms with Crippen molar-refractivity contribution in [3.63, 3.8) is 0 Å². The summed E-state index contributed by atoms with van der Waals surface area (Å²) in [4.78, 5) is 29.7. The van der Waals surface area contributed by atoms with E-state index in [4.69, 9.17) is 9.15 Å². The molecule has 0 unspecified atom stereocenters. The Morgan fingerprint density at radius 1 is 1.00 bits per heavy atom. The van der Waals surface area contributed by atoms with E-state index in [1.807, 2.05) is 79.7 Å². The number of aryl methyl sites for hydroxylation is 1. The Morgan fingerprint density at radius 3 is 2.39 bits per heavy atom. The van der Waals surface area contributed by atoms with Crippen LogP contribution in [0, 0.1) is 6.92 Å². The fourth-order valence-corrected chi connectivity index (χ4v) is 4.26. The van der Waals surface area contributed by atoms with Crippen molar-refractivity contribution in [1.29, 1.82) is 0 Å². The summed E-state index contributed by atoms with van der Waals surface area (Å²) in [6.07, 6.45) is 0. The van der Waals surface area contributed by atoms with Gasteiger partial charge in [-0.05, 0) is 48.2 Å². The van der Waals surface area contributed by atoms with Crippen LogP contribution in [-0.4, -0.2) is 20.7 Å². The molecule has 0 N–H and O–H groups in total. The maximum Gasteiger partial charge on any atom is 0.378 e. The van der Waals surface area contributed by atoms with Crippen molar-refractivity contribution in [2.75, 3.05) is 0 Å². The Bertz CT molecular complexity index is 1550. The number of fused-ring (bicyclic) bond motifs is 1. The van der Waals surface area contributed by atoms with Crippen molar-refractivity contribution in [3.05, 3.63) is 112 Å². The van der Waals surface area contributed by atoms with Gasteiger partial charge < -0.3 is 9.15 Å². The number of hydrogen-bond donors (Lipinski definition) is 0. The summed E-state index contributed by atoms with van der Waals surface area (Å²) in [5.74, 6) is 0.0685. The molecular formula is C29H25N3O4. The molecule has 5 aromatic rings. The van der Waals surface area contributed by atoms with E-state index in [0.717, 1.165) is 27.8 Å². The Hall–Kier alpha value is -4.52. The lowest BCUT2D eigenvalue weighted by Crippen LogP contribution is -2.10. The fourth-order valence-electron chi connectivity index (χ4n) is 4.26.